The van der Waals surface area contributed by atoms with E-state index in [2.05, 4.69) is 31.2 Å². The van der Waals surface area contributed by atoms with Crippen molar-refractivity contribution in [2.75, 3.05) is 6.61 Å². The second kappa shape index (κ2) is 6.61. The molecule has 0 aromatic heterocycles. The summed E-state index contributed by atoms with van der Waals surface area (Å²) >= 11 is 0. The number of allylic oxidation sites excluding steroid dienone is 6. The number of aliphatic hydroxyl groups excluding tert-OH is 1. The van der Waals surface area contributed by atoms with Gasteiger partial charge in [-0.3, -0.25) is 0 Å². The molecule has 0 aromatic carbocycles. The molecule has 0 amide bonds. The molecule has 0 saturated carbocycles. The summed E-state index contributed by atoms with van der Waals surface area (Å²) < 4.78 is 0. The van der Waals surface area contributed by atoms with E-state index in [-0.39, 0.29) is 0 Å². The zero-order valence-electron chi connectivity index (χ0n) is 8.89. The monoisotopic (exact) mass is 192 g/mol. The van der Waals surface area contributed by atoms with Crippen LogP contribution in [0, 0.1) is 11.8 Å². The van der Waals surface area contributed by atoms with Crippen molar-refractivity contribution in [3.63, 3.8) is 0 Å². The minimum atomic E-state index is 0.291. The molecule has 14 heavy (non-hydrogen) atoms. The van der Waals surface area contributed by atoms with Gasteiger partial charge in [-0.25, -0.2) is 0 Å². The second-order valence-electron chi connectivity index (χ2n) is 3.82. The van der Waals surface area contributed by atoms with Gasteiger partial charge in [0.05, 0.1) is 0 Å². The highest BCUT2D eigenvalue weighted by Gasteiger charge is 2.15. The molecule has 0 unspecified atom stereocenters. The fourth-order valence-electron chi connectivity index (χ4n) is 1.76. The highest BCUT2D eigenvalue weighted by molar-refractivity contribution is 5.20. The van der Waals surface area contributed by atoms with Crippen LogP contribution in [0.15, 0.2) is 36.5 Å². The standard InChI is InChI=1S/C13H20O/c1-2-3-8-13(11-14)12-9-6-4-5-7-10-12/h4-7,9-10,12-14H,2-3,8,11H2,1H3/t13-/m0/s1. The maximum atomic E-state index is 9.31. The van der Waals surface area contributed by atoms with Crippen molar-refractivity contribution in [1.82, 2.24) is 0 Å². The zero-order valence-corrected chi connectivity index (χ0v) is 8.89. The lowest BCUT2D eigenvalue weighted by Gasteiger charge is -2.19. The van der Waals surface area contributed by atoms with Crippen molar-refractivity contribution < 1.29 is 5.11 Å². The Morgan fingerprint density at radius 3 is 2.29 bits per heavy atom. The third-order valence-corrected chi connectivity index (χ3v) is 2.71. The molecular weight excluding hydrogens is 172 g/mol. The molecule has 1 nitrogen and oxygen atoms in total. The first-order valence-corrected chi connectivity index (χ1v) is 5.51. The van der Waals surface area contributed by atoms with Gasteiger partial charge in [0.2, 0.25) is 0 Å². The molecule has 0 aromatic rings. The van der Waals surface area contributed by atoms with Crippen LogP contribution < -0.4 is 0 Å². The quantitative estimate of drug-likeness (QED) is 0.709. The summed E-state index contributed by atoms with van der Waals surface area (Å²) in [7, 11) is 0. The lowest BCUT2D eigenvalue weighted by Crippen LogP contribution is -2.15. The van der Waals surface area contributed by atoms with E-state index in [0.717, 1.165) is 6.42 Å². The van der Waals surface area contributed by atoms with Crippen LogP contribution in [0.1, 0.15) is 26.2 Å². The average Bonchev–Trinajstić information content (AvgIpc) is 2.48. The van der Waals surface area contributed by atoms with Gasteiger partial charge in [-0.15, -0.1) is 0 Å². The summed E-state index contributed by atoms with van der Waals surface area (Å²) in [6, 6.07) is 0. The van der Waals surface area contributed by atoms with E-state index < -0.39 is 0 Å². The molecule has 1 N–H and O–H groups in total. The second-order valence-corrected chi connectivity index (χ2v) is 3.82. The van der Waals surface area contributed by atoms with E-state index in [1.807, 2.05) is 12.2 Å². The van der Waals surface area contributed by atoms with Crippen LogP contribution in [0.25, 0.3) is 0 Å². The molecule has 1 aliphatic carbocycles. The third kappa shape index (κ3) is 3.51. The molecule has 1 atom stereocenters. The number of rotatable bonds is 5. The summed E-state index contributed by atoms with van der Waals surface area (Å²) in [5, 5.41) is 9.31. The largest absolute Gasteiger partial charge is 0.396 e. The van der Waals surface area contributed by atoms with Gasteiger partial charge in [-0.2, -0.15) is 0 Å². The van der Waals surface area contributed by atoms with Gasteiger partial charge in [0, 0.05) is 12.5 Å². The lowest BCUT2D eigenvalue weighted by molar-refractivity contribution is 0.197. The lowest BCUT2D eigenvalue weighted by atomic mass is 9.88. The van der Waals surface area contributed by atoms with Crippen LogP contribution in [0.5, 0.6) is 0 Å². The van der Waals surface area contributed by atoms with Gasteiger partial charge in [-0.05, 0) is 12.3 Å². The average molecular weight is 192 g/mol. The van der Waals surface area contributed by atoms with Crippen LogP contribution >= 0.6 is 0 Å². The number of hydrogen-bond donors (Lipinski definition) is 1. The molecule has 0 spiro atoms. The van der Waals surface area contributed by atoms with Crippen molar-refractivity contribution in [3.05, 3.63) is 36.5 Å². The van der Waals surface area contributed by atoms with E-state index in [4.69, 9.17) is 0 Å². The fraction of sp³-hybridized carbons (Fsp3) is 0.538. The molecule has 0 bridgehead atoms. The Bertz CT molecular complexity index is 209. The van der Waals surface area contributed by atoms with Crippen molar-refractivity contribution >= 4 is 0 Å². The van der Waals surface area contributed by atoms with Gasteiger partial charge < -0.3 is 5.11 Å². The maximum Gasteiger partial charge on any atom is 0.0467 e. The van der Waals surface area contributed by atoms with Crippen LogP contribution in [-0.2, 0) is 0 Å². The van der Waals surface area contributed by atoms with E-state index in [0.29, 0.717) is 18.4 Å². The minimum Gasteiger partial charge on any atom is -0.396 e. The first-order valence-electron chi connectivity index (χ1n) is 5.51. The molecule has 1 aliphatic rings. The number of aliphatic hydroxyl groups is 1. The van der Waals surface area contributed by atoms with Crippen LogP contribution in [0.3, 0.4) is 0 Å². The molecular formula is C13H20O. The highest BCUT2D eigenvalue weighted by atomic mass is 16.3. The predicted octanol–water partition coefficient (Wildman–Crippen LogP) is 3.08. The summed E-state index contributed by atoms with van der Waals surface area (Å²) in [4.78, 5) is 0. The highest BCUT2D eigenvalue weighted by Crippen LogP contribution is 2.22. The van der Waals surface area contributed by atoms with E-state index >= 15 is 0 Å². The molecule has 1 rings (SSSR count). The zero-order chi connectivity index (χ0) is 10.2. The van der Waals surface area contributed by atoms with Crippen molar-refractivity contribution in [1.29, 1.82) is 0 Å². The first-order chi connectivity index (χ1) is 6.88. The summed E-state index contributed by atoms with van der Waals surface area (Å²) in [6.45, 7) is 2.48. The Kier molecular flexibility index (Phi) is 5.31. The van der Waals surface area contributed by atoms with Gasteiger partial charge in [0.1, 0.15) is 0 Å². The summed E-state index contributed by atoms with van der Waals surface area (Å²) in [5.41, 5.74) is 0. The van der Waals surface area contributed by atoms with Gasteiger partial charge in [0.25, 0.3) is 0 Å². The molecule has 0 fully saturated rings. The molecule has 0 radical (unpaired) electrons. The Morgan fingerprint density at radius 2 is 1.79 bits per heavy atom. The van der Waals surface area contributed by atoms with E-state index in [1.54, 1.807) is 0 Å². The molecule has 78 valence electrons. The van der Waals surface area contributed by atoms with Crippen LogP contribution in [-0.4, -0.2) is 11.7 Å². The van der Waals surface area contributed by atoms with E-state index in [1.165, 1.54) is 12.8 Å². The maximum absolute atomic E-state index is 9.31. The molecule has 0 saturated heterocycles. The first kappa shape index (κ1) is 11.3. The summed E-state index contributed by atoms with van der Waals surface area (Å²) in [6.07, 6.45) is 16.1. The summed E-state index contributed by atoms with van der Waals surface area (Å²) in [5.74, 6) is 0.795. The van der Waals surface area contributed by atoms with Gasteiger partial charge in [0.15, 0.2) is 0 Å². The molecule has 0 heterocycles. The number of hydrogen-bond acceptors (Lipinski definition) is 1. The third-order valence-electron chi connectivity index (χ3n) is 2.71. The minimum absolute atomic E-state index is 0.291. The van der Waals surface area contributed by atoms with E-state index in [9.17, 15) is 5.11 Å². The molecule has 0 aliphatic heterocycles. The topological polar surface area (TPSA) is 20.2 Å². The van der Waals surface area contributed by atoms with Gasteiger partial charge >= 0.3 is 0 Å². The predicted molar refractivity (Wildman–Crippen MR) is 61.0 cm³/mol. The van der Waals surface area contributed by atoms with Crippen molar-refractivity contribution in [2.45, 2.75) is 26.2 Å². The SMILES string of the molecule is CCCC[C@@H](CO)C1C=CC=CC=C1. The number of unbranched alkanes of at least 4 members (excludes halogenated alkanes) is 1. The Labute approximate surface area is 86.8 Å². The Hall–Kier alpha value is -0.820. The Balaban J connectivity index is 2.50. The Morgan fingerprint density at radius 1 is 1.14 bits per heavy atom. The van der Waals surface area contributed by atoms with Gasteiger partial charge in [-0.1, -0.05) is 56.2 Å². The van der Waals surface area contributed by atoms with Crippen molar-refractivity contribution in [3.8, 4) is 0 Å². The van der Waals surface area contributed by atoms with Crippen molar-refractivity contribution in [2.24, 2.45) is 11.8 Å². The fourth-order valence-corrected chi connectivity index (χ4v) is 1.76. The normalized spacial score (nSPS) is 18.4. The van der Waals surface area contributed by atoms with Crippen LogP contribution in [0.2, 0.25) is 0 Å². The molecule has 1 heteroatoms. The smallest absolute Gasteiger partial charge is 0.0467 e. The van der Waals surface area contributed by atoms with Crippen LogP contribution in [0.4, 0.5) is 0 Å².